The molecule has 1 rings (SSSR count). The van der Waals surface area contributed by atoms with Crippen LogP contribution in [0.5, 0.6) is 0 Å². The Bertz CT molecular complexity index is 553. The van der Waals surface area contributed by atoms with Crippen LogP contribution in [0.15, 0.2) is 17.0 Å². The van der Waals surface area contributed by atoms with E-state index in [2.05, 4.69) is 4.72 Å². The van der Waals surface area contributed by atoms with Crippen molar-refractivity contribution in [2.24, 2.45) is 5.41 Å². The van der Waals surface area contributed by atoms with Crippen LogP contribution < -0.4 is 10.5 Å². The van der Waals surface area contributed by atoms with Crippen LogP contribution in [0, 0.1) is 11.2 Å². The summed E-state index contributed by atoms with van der Waals surface area (Å²) in [6.07, 6.45) is 0. The highest BCUT2D eigenvalue weighted by atomic mass is 35.5. The molecule has 0 spiro atoms. The Labute approximate surface area is 111 Å². The van der Waals surface area contributed by atoms with E-state index < -0.39 is 20.7 Å². The monoisotopic (exact) mass is 294 g/mol. The second-order valence-corrected chi connectivity index (χ2v) is 7.34. The minimum atomic E-state index is -3.96. The lowest BCUT2D eigenvalue weighted by molar-refractivity contribution is 0.407. The molecule has 4 nitrogen and oxygen atoms in total. The summed E-state index contributed by atoms with van der Waals surface area (Å²) in [7, 11) is -3.96. The fourth-order valence-corrected chi connectivity index (χ4v) is 2.87. The molecule has 0 saturated carbocycles. The van der Waals surface area contributed by atoms with E-state index in [-0.39, 0.29) is 22.7 Å². The third kappa shape index (κ3) is 3.83. The second kappa shape index (κ2) is 5.03. The largest absolute Gasteiger partial charge is 0.399 e. The van der Waals surface area contributed by atoms with Crippen molar-refractivity contribution in [2.75, 3.05) is 12.3 Å². The zero-order valence-corrected chi connectivity index (χ0v) is 12.0. The van der Waals surface area contributed by atoms with Gasteiger partial charge >= 0.3 is 0 Å². The quantitative estimate of drug-likeness (QED) is 0.841. The smallest absolute Gasteiger partial charge is 0.243 e. The van der Waals surface area contributed by atoms with Crippen molar-refractivity contribution in [3.05, 3.63) is 23.0 Å². The third-order valence-electron chi connectivity index (χ3n) is 2.10. The highest BCUT2D eigenvalue weighted by molar-refractivity contribution is 7.89. The first-order chi connectivity index (χ1) is 8.03. The van der Waals surface area contributed by atoms with E-state index in [4.69, 9.17) is 17.3 Å². The van der Waals surface area contributed by atoms with Crippen LogP contribution >= 0.6 is 11.6 Å². The van der Waals surface area contributed by atoms with Crippen molar-refractivity contribution < 1.29 is 12.8 Å². The van der Waals surface area contributed by atoms with Gasteiger partial charge in [-0.2, -0.15) is 0 Å². The van der Waals surface area contributed by atoms with E-state index in [1.54, 1.807) is 0 Å². The minimum Gasteiger partial charge on any atom is -0.399 e. The fraction of sp³-hybridized carbons (Fsp3) is 0.455. The van der Waals surface area contributed by atoms with Crippen molar-refractivity contribution in [3.63, 3.8) is 0 Å². The van der Waals surface area contributed by atoms with Gasteiger partial charge in [0.25, 0.3) is 0 Å². The molecular formula is C11H16ClFN2O2S. The Kier molecular flexibility index (Phi) is 4.25. The molecule has 0 amide bonds. The van der Waals surface area contributed by atoms with Crippen molar-refractivity contribution in [1.29, 1.82) is 0 Å². The number of nitrogens with two attached hydrogens (primary N) is 1. The van der Waals surface area contributed by atoms with Gasteiger partial charge in [0.1, 0.15) is 4.90 Å². The molecule has 0 atom stereocenters. The summed E-state index contributed by atoms with van der Waals surface area (Å²) in [5.74, 6) is -0.993. The van der Waals surface area contributed by atoms with Gasteiger partial charge in [-0.1, -0.05) is 32.4 Å². The van der Waals surface area contributed by atoms with Gasteiger partial charge in [-0.15, -0.1) is 0 Å². The van der Waals surface area contributed by atoms with Gasteiger partial charge in [-0.3, -0.25) is 0 Å². The Morgan fingerprint density at radius 1 is 1.39 bits per heavy atom. The van der Waals surface area contributed by atoms with Crippen LogP contribution in [-0.2, 0) is 10.0 Å². The molecule has 1 aromatic carbocycles. The Balaban J connectivity index is 3.13. The zero-order chi connectivity index (χ0) is 14.1. The lowest BCUT2D eigenvalue weighted by atomic mass is 9.98. The molecule has 0 fully saturated rings. The van der Waals surface area contributed by atoms with Crippen LogP contribution in [0.25, 0.3) is 0 Å². The van der Waals surface area contributed by atoms with E-state index in [9.17, 15) is 12.8 Å². The highest BCUT2D eigenvalue weighted by Gasteiger charge is 2.23. The number of hydrogen-bond acceptors (Lipinski definition) is 3. The van der Waals surface area contributed by atoms with E-state index in [0.717, 1.165) is 6.07 Å². The standard InChI is InChI=1S/C11H16ClFN2O2S/c1-11(2,3)6-15-18(16,17)9-5-7(14)4-8(12)10(9)13/h4-5,15H,6,14H2,1-3H3. The van der Waals surface area contributed by atoms with Gasteiger partial charge in [0.05, 0.1) is 5.02 Å². The van der Waals surface area contributed by atoms with Gasteiger partial charge in [0.2, 0.25) is 10.0 Å². The average molecular weight is 295 g/mol. The first-order valence-electron chi connectivity index (χ1n) is 5.27. The Morgan fingerprint density at radius 2 is 1.94 bits per heavy atom. The molecule has 1 aromatic rings. The maximum absolute atomic E-state index is 13.7. The number of benzene rings is 1. The third-order valence-corrected chi connectivity index (χ3v) is 3.77. The first-order valence-corrected chi connectivity index (χ1v) is 7.13. The van der Waals surface area contributed by atoms with Crippen molar-refractivity contribution in [3.8, 4) is 0 Å². The maximum Gasteiger partial charge on any atom is 0.243 e. The van der Waals surface area contributed by atoms with Crippen molar-refractivity contribution in [1.82, 2.24) is 4.72 Å². The number of hydrogen-bond donors (Lipinski definition) is 2. The molecule has 0 aliphatic rings. The number of nitrogen functional groups attached to an aromatic ring is 1. The van der Waals surface area contributed by atoms with E-state index in [1.807, 2.05) is 20.8 Å². The van der Waals surface area contributed by atoms with Crippen molar-refractivity contribution >= 4 is 27.3 Å². The SMILES string of the molecule is CC(C)(C)CNS(=O)(=O)c1cc(N)cc(Cl)c1F. The number of rotatable bonds is 3. The van der Waals surface area contributed by atoms with E-state index >= 15 is 0 Å². The van der Waals surface area contributed by atoms with E-state index in [1.165, 1.54) is 6.07 Å². The van der Waals surface area contributed by atoms with Crippen LogP contribution in [0.3, 0.4) is 0 Å². The van der Waals surface area contributed by atoms with Crippen LogP contribution in [0.1, 0.15) is 20.8 Å². The molecule has 18 heavy (non-hydrogen) atoms. The maximum atomic E-state index is 13.7. The predicted molar refractivity (Wildman–Crippen MR) is 70.5 cm³/mol. The lowest BCUT2D eigenvalue weighted by Crippen LogP contribution is -2.32. The molecule has 0 aliphatic carbocycles. The summed E-state index contributed by atoms with van der Waals surface area (Å²) in [6, 6.07) is 2.21. The zero-order valence-electron chi connectivity index (χ0n) is 10.4. The summed E-state index contributed by atoms with van der Waals surface area (Å²) in [5.41, 5.74) is 5.30. The molecule has 0 aliphatic heterocycles. The molecule has 0 radical (unpaired) electrons. The molecule has 0 unspecified atom stereocenters. The number of anilines is 1. The molecule has 0 saturated heterocycles. The number of sulfonamides is 1. The molecule has 0 heterocycles. The molecule has 0 aromatic heterocycles. The molecule has 0 bridgehead atoms. The number of halogens is 2. The van der Waals surface area contributed by atoms with Gasteiger partial charge in [-0.05, 0) is 17.5 Å². The van der Waals surface area contributed by atoms with Gasteiger partial charge < -0.3 is 5.73 Å². The lowest BCUT2D eigenvalue weighted by Gasteiger charge is -2.19. The topological polar surface area (TPSA) is 72.2 Å². The molecule has 3 N–H and O–H groups in total. The summed E-state index contributed by atoms with van der Waals surface area (Å²) < 4.78 is 39.9. The summed E-state index contributed by atoms with van der Waals surface area (Å²) in [6.45, 7) is 5.76. The van der Waals surface area contributed by atoms with Gasteiger partial charge in [0.15, 0.2) is 5.82 Å². The van der Waals surface area contributed by atoms with Crippen LogP contribution in [-0.4, -0.2) is 15.0 Å². The summed E-state index contributed by atoms with van der Waals surface area (Å²) in [5, 5.41) is -0.314. The van der Waals surface area contributed by atoms with Crippen LogP contribution in [0.2, 0.25) is 5.02 Å². The summed E-state index contributed by atoms with van der Waals surface area (Å²) >= 11 is 5.57. The molecular weight excluding hydrogens is 279 g/mol. The average Bonchev–Trinajstić information content (AvgIpc) is 2.19. The Morgan fingerprint density at radius 3 is 2.44 bits per heavy atom. The normalized spacial score (nSPS) is 12.7. The molecule has 102 valence electrons. The Hall–Kier alpha value is -0.850. The minimum absolute atomic E-state index is 0.0949. The fourth-order valence-electron chi connectivity index (χ4n) is 1.17. The molecule has 7 heteroatoms. The second-order valence-electron chi connectivity index (χ2n) is 5.20. The van der Waals surface area contributed by atoms with Crippen molar-refractivity contribution in [2.45, 2.75) is 25.7 Å². The summed E-state index contributed by atoms with van der Waals surface area (Å²) in [4.78, 5) is -0.531. The highest BCUT2D eigenvalue weighted by Crippen LogP contribution is 2.26. The number of nitrogens with one attached hydrogen (secondary N) is 1. The van der Waals surface area contributed by atoms with Crippen LogP contribution in [0.4, 0.5) is 10.1 Å². The van der Waals surface area contributed by atoms with Gasteiger partial charge in [-0.25, -0.2) is 17.5 Å². The predicted octanol–water partition coefficient (Wildman–Crippen LogP) is 2.39. The van der Waals surface area contributed by atoms with E-state index in [0.29, 0.717) is 0 Å². The first kappa shape index (κ1) is 15.2. The van der Waals surface area contributed by atoms with Gasteiger partial charge in [0, 0.05) is 12.2 Å².